The molecule has 1 aromatic carbocycles. The number of rotatable bonds is 4. The van der Waals surface area contributed by atoms with Crippen molar-refractivity contribution in [2.45, 2.75) is 26.4 Å². The number of benzene rings is 1. The van der Waals surface area contributed by atoms with Crippen LogP contribution in [-0.2, 0) is 4.79 Å². The predicted octanol–water partition coefficient (Wildman–Crippen LogP) is 1.58. The minimum atomic E-state index is -0.401. The SMILES string of the molecule is CC(=O)N1CCN(CCC(O)c2ccc(C)cc2)CC1. The lowest BCUT2D eigenvalue weighted by Crippen LogP contribution is -2.48. The molecule has 0 saturated carbocycles. The zero-order chi connectivity index (χ0) is 14.5. The number of aliphatic hydroxyl groups excluding tert-OH is 1. The number of aliphatic hydroxyl groups is 1. The van der Waals surface area contributed by atoms with E-state index in [-0.39, 0.29) is 5.91 Å². The Kier molecular flexibility index (Phi) is 5.15. The molecule has 1 atom stereocenters. The van der Waals surface area contributed by atoms with Gasteiger partial charge in [0.1, 0.15) is 0 Å². The number of carbonyl (C=O) groups excluding carboxylic acids is 1. The first-order chi connectivity index (χ1) is 9.56. The summed E-state index contributed by atoms with van der Waals surface area (Å²) in [6, 6.07) is 8.05. The van der Waals surface area contributed by atoms with Gasteiger partial charge in [-0.05, 0) is 18.9 Å². The van der Waals surface area contributed by atoms with Crippen LogP contribution in [-0.4, -0.2) is 53.5 Å². The quantitative estimate of drug-likeness (QED) is 0.908. The molecular formula is C16H24N2O2. The first kappa shape index (κ1) is 15.0. The highest BCUT2D eigenvalue weighted by Gasteiger charge is 2.19. The molecule has 0 aliphatic carbocycles. The molecule has 0 bridgehead atoms. The maximum atomic E-state index is 11.3. The molecule has 1 saturated heterocycles. The fraction of sp³-hybridized carbons (Fsp3) is 0.562. The zero-order valence-electron chi connectivity index (χ0n) is 12.4. The van der Waals surface area contributed by atoms with Gasteiger partial charge >= 0.3 is 0 Å². The fourth-order valence-corrected chi connectivity index (χ4v) is 2.55. The van der Waals surface area contributed by atoms with Crippen LogP contribution < -0.4 is 0 Å². The normalized spacial score (nSPS) is 18.1. The Morgan fingerprint density at radius 2 is 1.80 bits per heavy atom. The molecule has 2 rings (SSSR count). The van der Waals surface area contributed by atoms with Crippen molar-refractivity contribution < 1.29 is 9.90 Å². The molecule has 4 heteroatoms. The van der Waals surface area contributed by atoms with E-state index in [9.17, 15) is 9.90 Å². The highest BCUT2D eigenvalue weighted by molar-refractivity contribution is 5.73. The molecule has 1 heterocycles. The van der Waals surface area contributed by atoms with Gasteiger partial charge in [0.25, 0.3) is 0 Å². The molecule has 0 aromatic heterocycles. The van der Waals surface area contributed by atoms with Gasteiger partial charge in [0.2, 0.25) is 5.91 Å². The van der Waals surface area contributed by atoms with Gasteiger partial charge in [0, 0.05) is 39.6 Å². The third-order valence-electron chi connectivity index (χ3n) is 4.00. The Morgan fingerprint density at radius 1 is 1.20 bits per heavy atom. The molecule has 1 aliphatic rings. The third kappa shape index (κ3) is 4.05. The Labute approximate surface area is 121 Å². The van der Waals surface area contributed by atoms with E-state index >= 15 is 0 Å². The number of piperazine rings is 1. The molecule has 1 amide bonds. The summed E-state index contributed by atoms with van der Waals surface area (Å²) in [4.78, 5) is 15.4. The van der Waals surface area contributed by atoms with E-state index in [1.54, 1.807) is 6.92 Å². The summed E-state index contributed by atoms with van der Waals surface area (Å²) in [7, 11) is 0. The molecule has 4 nitrogen and oxygen atoms in total. The molecule has 20 heavy (non-hydrogen) atoms. The van der Waals surface area contributed by atoms with Crippen LogP contribution in [0.3, 0.4) is 0 Å². The third-order valence-corrected chi connectivity index (χ3v) is 4.00. The second-order valence-corrected chi connectivity index (χ2v) is 5.56. The number of nitrogens with zero attached hydrogens (tertiary/aromatic N) is 2. The van der Waals surface area contributed by atoms with Crippen molar-refractivity contribution in [2.75, 3.05) is 32.7 Å². The highest BCUT2D eigenvalue weighted by atomic mass is 16.3. The molecule has 1 N–H and O–H groups in total. The van der Waals surface area contributed by atoms with Crippen LogP contribution in [0.2, 0.25) is 0 Å². The lowest BCUT2D eigenvalue weighted by atomic mass is 10.0. The van der Waals surface area contributed by atoms with E-state index in [2.05, 4.69) is 4.90 Å². The molecule has 110 valence electrons. The Morgan fingerprint density at radius 3 is 2.35 bits per heavy atom. The zero-order valence-corrected chi connectivity index (χ0v) is 12.4. The lowest BCUT2D eigenvalue weighted by molar-refractivity contribution is -0.130. The summed E-state index contributed by atoms with van der Waals surface area (Å²) >= 11 is 0. The van der Waals surface area contributed by atoms with E-state index in [1.165, 1.54) is 5.56 Å². The topological polar surface area (TPSA) is 43.8 Å². The van der Waals surface area contributed by atoms with E-state index < -0.39 is 6.10 Å². The van der Waals surface area contributed by atoms with Gasteiger partial charge in [-0.3, -0.25) is 9.69 Å². The van der Waals surface area contributed by atoms with Crippen LogP contribution in [0.15, 0.2) is 24.3 Å². The van der Waals surface area contributed by atoms with E-state index in [4.69, 9.17) is 0 Å². The number of carbonyl (C=O) groups is 1. The summed E-state index contributed by atoms with van der Waals surface area (Å²) in [5, 5.41) is 10.2. The number of hydrogen-bond donors (Lipinski definition) is 1. The van der Waals surface area contributed by atoms with Crippen LogP contribution in [0, 0.1) is 6.92 Å². The second-order valence-electron chi connectivity index (χ2n) is 5.56. The standard InChI is InChI=1S/C16H24N2O2/c1-13-3-5-15(6-4-13)16(20)7-8-17-9-11-18(12-10-17)14(2)19/h3-6,16,20H,7-12H2,1-2H3. The van der Waals surface area contributed by atoms with Gasteiger partial charge < -0.3 is 10.0 Å². The van der Waals surface area contributed by atoms with Gasteiger partial charge in [-0.25, -0.2) is 0 Å². The fourth-order valence-electron chi connectivity index (χ4n) is 2.55. The van der Waals surface area contributed by atoms with Gasteiger partial charge in [-0.15, -0.1) is 0 Å². The molecule has 1 unspecified atom stereocenters. The lowest BCUT2D eigenvalue weighted by Gasteiger charge is -2.34. The van der Waals surface area contributed by atoms with E-state index in [0.717, 1.165) is 44.7 Å². The van der Waals surface area contributed by atoms with Crippen LogP contribution in [0.25, 0.3) is 0 Å². The smallest absolute Gasteiger partial charge is 0.219 e. The van der Waals surface area contributed by atoms with Crippen molar-refractivity contribution in [3.63, 3.8) is 0 Å². The monoisotopic (exact) mass is 276 g/mol. The molecule has 1 aliphatic heterocycles. The molecule has 1 aromatic rings. The van der Waals surface area contributed by atoms with Crippen molar-refractivity contribution in [3.8, 4) is 0 Å². The highest BCUT2D eigenvalue weighted by Crippen LogP contribution is 2.18. The molecule has 0 spiro atoms. The maximum absolute atomic E-state index is 11.3. The molecular weight excluding hydrogens is 252 g/mol. The first-order valence-corrected chi connectivity index (χ1v) is 7.29. The van der Waals surface area contributed by atoms with Gasteiger partial charge in [-0.1, -0.05) is 29.8 Å². The summed E-state index contributed by atoms with van der Waals surface area (Å²) in [6.07, 6.45) is 0.338. The van der Waals surface area contributed by atoms with Crippen LogP contribution >= 0.6 is 0 Å². The van der Waals surface area contributed by atoms with E-state index in [0.29, 0.717) is 0 Å². The first-order valence-electron chi connectivity index (χ1n) is 7.29. The minimum absolute atomic E-state index is 0.157. The van der Waals surface area contributed by atoms with Gasteiger partial charge in [-0.2, -0.15) is 0 Å². The predicted molar refractivity (Wildman–Crippen MR) is 79.4 cm³/mol. The average Bonchev–Trinajstić information content (AvgIpc) is 2.46. The summed E-state index contributed by atoms with van der Waals surface area (Å²) < 4.78 is 0. The second kappa shape index (κ2) is 6.86. The maximum Gasteiger partial charge on any atom is 0.219 e. The Bertz CT molecular complexity index is 436. The van der Waals surface area contributed by atoms with Crippen molar-refractivity contribution in [1.29, 1.82) is 0 Å². The van der Waals surface area contributed by atoms with Crippen molar-refractivity contribution in [3.05, 3.63) is 35.4 Å². The Hall–Kier alpha value is -1.39. The Balaban J connectivity index is 1.75. The largest absolute Gasteiger partial charge is 0.388 e. The number of hydrogen-bond acceptors (Lipinski definition) is 3. The van der Waals surface area contributed by atoms with Crippen LogP contribution in [0.1, 0.15) is 30.6 Å². The van der Waals surface area contributed by atoms with E-state index in [1.807, 2.05) is 36.1 Å². The van der Waals surface area contributed by atoms with Crippen LogP contribution in [0.4, 0.5) is 0 Å². The summed E-state index contributed by atoms with van der Waals surface area (Å²) in [5.74, 6) is 0.157. The summed E-state index contributed by atoms with van der Waals surface area (Å²) in [5.41, 5.74) is 2.19. The molecule has 1 fully saturated rings. The van der Waals surface area contributed by atoms with Crippen molar-refractivity contribution >= 4 is 5.91 Å². The van der Waals surface area contributed by atoms with Crippen LogP contribution in [0.5, 0.6) is 0 Å². The van der Waals surface area contributed by atoms with Crippen molar-refractivity contribution in [2.24, 2.45) is 0 Å². The number of aryl methyl sites for hydroxylation is 1. The van der Waals surface area contributed by atoms with Crippen molar-refractivity contribution in [1.82, 2.24) is 9.80 Å². The summed E-state index contributed by atoms with van der Waals surface area (Å²) in [6.45, 7) is 7.95. The minimum Gasteiger partial charge on any atom is -0.388 e. The van der Waals surface area contributed by atoms with Gasteiger partial charge in [0.15, 0.2) is 0 Å². The average molecular weight is 276 g/mol. The number of amides is 1. The molecule has 0 radical (unpaired) electrons. The van der Waals surface area contributed by atoms with Gasteiger partial charge in [0.05, 0.1) is 6.10 Å².